The van der Waals surface area contributed by atoms with Crippen LogP contribution in [0.4, 0.5) is 8.78 Å². The molecule has 0 aromatic carbocycles. The molecule has 0 saturated carbocycles. The monoisotopic (exact) mass is 200 g/mol. The van der Waals surface area contributed by atoms with Crippen molar-refractivity contribution in [3.8, 4) is 0 Å². The molecule has 1 rings (SSSR count). The number of nitroso groups, excluding NO2 is 1. The summed E-state index contributed by atoms with van der Waals surface area (Å²) in [5.74, 6) is -4.08. The van der Waals surface area contributed by atoms with Crippen LogP contribution in [0.25, 0.3) is 0 Å². The number of carbonyl (C=O) groups excluding carboxylic acids is 1. The van der Waals surface area contributed by atoms with Gasteiger partial charge in [-0.05, 0) is 12.1 Å². The van der Waals surface area contributed by atoms with E-state index >= 15 is 0 Å². The van der Waals surface area contributed by atoms with E-state index in [2.05, 4.69) is 10.2 Å². The summed E-state index contributed by atoms with van der Waals surface area (Å²) in [7, 11) is 0. The van der Waals surface area contributed by atoms with Gasteiger partial charge in [0.15, 0.2) is 0 Å². The van der Waals surface area contributed by atoms with Crippen molar-refractivity contribution in [1.29, 1.82) is 0 Å². The third kappa shape index (κ3) is 2.15. The van der Waals surface area contributed by atoms with Crippen LogP contribution in [0.3, 0.4) is 0 Å². The van der Waals surface area contributed by atoms with E-state index in [0.717, 1.165) is 18.3 Å². The summed E-state index contributed by atoms with van der Waals surface area (Å²) in [5.41, 5.74) is -0.562. The first-order valence-corrected chi connectivity index (χ1v) is 3.67. The van der Waals surface area contributed by atoms with Gasteiger partial charge < -0.3 is 0 Å². The van der Waals surface area contributed by atoms with Gasteiger partial charge in [-0.1, -0.05) is 0 Å². The maximum absolute atomic E-state index is 12.6. The molecule has 0 saturated heterocycles. The van der Waals surface area contributed by atoms with Crippen molar-refractivity contribution in [2.45, 2.75) is 12.8 Å². The van der Waals surface area contributed by atoms with Crippen LogP contribution in [0.1, 0.15) is 23.0 Å². The molecule has 4 nitrogen and oxygen atoms in total. The summed E-state index contributed by atoms with van der Waals surface area (Å²) >= 11 is 0. The third-order valence-electron chi connectivity index (χ3n) is 1.54. The molecule has 1 aromatic rings. The fraction of sp³-hybridized carbons (Fsp3) is 0.250. The lowest BCUT2D eigenvalue weighted by molar-refractivity contribution is 0.0127. The van der Waals surface area contributed by atoms with Crippen molar-refractivity contribution in [3.05, 3.63) is 34.5 Å². The molecule has 1 aromatic heterocycles. The third-order valence-corrected chi connectivity index (χ3v) is 1.54. The number of hydrogen-bond donors (Lipinski definition) is 0. The Balaban J connectivity index is 3.00. The number of amides is 1. The standard InChI is InChI=1S/C8H6F2N2O2/c1-8(9,10)6-3-2-5(4-11-6)7(13)12-14/h2-4H,1H3. The van der Waals surface area contributed by atoms with Crippen LogP contribution in [0.5, 0.6) is 0 Å². The lowest BCUT2D eigenvalue weighted by Gasteiger charge is -2.08. The molecule has 0 fully saturated rings. The van der Waals surface area contributed by atoms with Crippen molar-refractivity contribution < 1.29 is 13.6 Å². The van der Waals surface area contributed by atoms with Gasteiger partial charge in [-0.25, -0.2) is 0 Å². The van der Waals surface area contributed by atoms with Crippen molar-refractivity contribution in [3.63, 3.8) is 0 Å². The number of aromatic nitrogens is 1. The fourth-order valence-electron chi connectivity index (χ4n) is 0.833. The van der Waals surface area contributed by atoms with E-state index in [4.69, 9.17) is 0 Å². The second-order valence-corrected chi connectivity index (χ2v) is 2.72. The molecule has 6 heteroatoms. The van der Waals surface area contributed by atoms with Crippen LogP contribution in [-0.4, -0.2) is 10.9 Å². The van der Waals surface area contributed by atoms with E-state index in [1.54, 1.807) is 0 Å². The molecule has 0 atom stereocenters. The molecular weight excluding hydrogens is 194 g/mol. The summed E-state index contributed by atoms with van der Waals surface area (Å²) in [6.07, 6.45) is 0.899. The quantitative estimate of drug-likeness (QED) is 0.687. The zero-order chi connectivity index (χ0) is 10.8. The van der Waals surface area contributed by atoms with Gasteiger partial charge in [0.2, 0.25) is 0 Å². The predicted octanol–water partition coefficient (Wildman–Crippen LogP) is 2.10. The lowest BCUT2D eigenvalue weighted by Crippen LogP contribution is -2.10. The molecule has 0 aliphatic heterocycles. The van der Waals surface area contributed by atoms with Gasteiger partial charge in [0.1, 0.15) is 5.69 Å². The van der Waals surface area contributed by atoms with E-state index in [1.807, 2.05) is 0 Å². The molecule has 74 valence electrons. The molecule has 0 radical (unpaired) electrons. The van der Waals surface area contributed by atoms with E-state index in [-0.39, 0.29) is 5.56 Å². The number of rotatable bonds is 2. The molecule has 0 aliphatic carbocycles. The molecular formula is C8H6F2N2O2. The Morgan fingerprint density at radius 1 is 1.50 bits per heavy atom. The Labute approximate surface area is 77.9 Å². The molecule has 0 unspecified atom stereocenters. The largest absolute Gasteiger partial charge is 0.318 e. The fourth-order valence-corrected chi connectivity index (χ4v) is 0.833. The summed E-state index contributed by atoms with van der Waals surface area (Å²) in [5, 5.41) is 2.13. The van der Waals surface area contributed by atoms with Crippen LogP contribution in [0, 0.1) is 4.91 Å². The second-order valence-electron chi connectivity index (χ2n) is 2.72. The highest BCUT2D eigenvalue weighted by Gasteiger charge is 2.25. The lowest BCUT2D eigenvalue weighted by atomic mass is 10.2. The summed E-state index contributed by atoms with van der Waals surface area (Å²) in [6, 6.07) is 2.07. The molecule has 0 spiro atoms. The smallest absolute Gasteiger partial charge is 0.263 e. The van der Waals surface area contributed by atoms with Gasteiger partial charge in [0.25, 0.3) is 5.92 Å². The predicted molar refractivity (Wildman–Crippen MR) is 43.9 cm³/mol. The van der Waals surface area contributed by atoms with Crippen molar-refractivity contribution in [2.75, 3.05) is 0 Å². The highest BCUT2D eigenvalue weighted by molar-refractivity contribution is 5.94. The molecule has 0 aliphatic rings. The van der Waals surface area contributed by atoms with Crippen molar-refractivity contribution >= 4 is 5.91 Å². The average Bonchev–Trinajstić information content (AvgIpc) is 2.15. The zero-order valence-electron chi connectivity index (χ0n) is 7.20. The van der Waals surface area contributed by atoms with Gasteiger partial charge in [0.05, 0.1) is 5.56 Å². The molecule has 1 amide bonds. The minimum absolute atomic E-state index is 0.104. The average molecular weight is 200 g/mol. The SMILES string of the molecule is CC(F)(F)c1ccc(C(=O)N=O)cn1. The van der Waals surface area contributed by atoms with Gasteiger partial charge in [0, 0.05) is 18.3 Å². The minimum atomic E-state index is -3.06. The van der Waals surface area contributed by atoms with Crippen LogP contribution in [0.2, 0.25) is 0 Å². The number of pyridine rings is 1. The summed E-state index contributed by atoms with van der Waals surface area (Å²) in [4.78, 5) is 23.8. The van der Waals surface area contributed by atoms with Crippen LogP contribution in [0.15, 0.2) is 23.5 Å². The van der Waals surface area contributed by atoms with Gasteiger partial charge in [-0.15, -0.1) is 4.91 Å². The number of carbonyl (C=O) groups is 1. The first-order valence-electron chi connectivity index (χ1n) is 3.67. The van der Waals surface area contributed by atoms with E-state index in [1.165, 1.54) is 0 Å². The van der Waals surface area contributed by atoms with E-state index in [0.29, 0.717) is 6.92 Å². The van der Waals surface area contributed by atoms with Crippen molar-refractivity contribution in [2.24, 2.45) is 5.18 Å². The van der Waals surface area contributed by atoms with Gasteiger partial charge in [-0.3, -0.25) is 9.78 Å². The number of halogens is 2. The molecule has 14 heavy (non-hydrogen) atoms. The highest BCUT2D eigenvalue weighted by atomic mass is 19.3. The Morgan fingerprint density at radius 3 is 2.50 bits per heavy atom. The van der Waals surface area contributed by atoms with Gasteiger partial charge >= 0.3 is 5.91 Å². The normalized spacial score (nSPS) is 11.1. The van der Waals surface area contributed by atoms with E-state index in [9.17, 15) is 18.5 Å². The van der Waals surface area contributed by atoms with Gasteiger partial charge in [-0.2, -0.15) is 8.78 Å². The van der Waals surface area contributed by atoms with Crippen LogP contribution >= 0.6 is 0 Å². The summed E-state index contributed by atoms with van der Waals surface area (Å²) in [6.45, 7) is 0.689. The highest BCUT2D eigenvalue weighted by Crippen LogP contribution is 2.24. The Hall–Kier alpha value is -1.72. The first-order chi connectivity index (χ1) is 6.45. The first kappa shape index (κ1) is 10.4. The zero-order valence-corrected chi connectivity index (χ0v) is 7.20. The Kier molecular flexibility index (Phi) is 2.64. The van der Waals surface area contributed by atoms with Crippen LogP contribution in [-0.2, 0) is 5.92 Å². The van der Waals surface area contributed by atoms with Crippen LogP contribution < -0.4 is 0 Å². The Morgan fingerprint density at radius 2 is 2.14 bits per heavy atom. The maximum atomic E-state index is 12.6. The maximum Gasteiger partial charge on any atom is 0.318 e. The minimum Gasteiger partial charge on any atom is -0.263 e. The Bertz CT molecular complexity index is 357. The summed E-state index contributed by atoms with van der Waals surface area (Å²) < 4.78 is 25.3. The number of hydrogen-bond acceptors (Lipinski definition) is 3. The molecule has 0 N–H and O–H groups in total. The topological polar surface area (TPSA) is 59.4 Å². The second kappa shape index (κ2) is 3.57. The number of alkyl halides is 2. The molecule has 0 bridgehead atoms. The molecule has 1 heterocycles. The van der Waals surface area contributed by atoms with Crippen molar-refractivity contribution in [1.82, 2.24) is 4.98 Å². The van der Waals surface area contributed by atoms with E-state index < -0.39 is 17.5 Å². The number of nitrogens with zero attached hydrogens (tertiary/aromatic N) is 2.